The number of furan rings is 1. The fourth-order valence-electron chi connectivity index (χ4n) is 2.82. The molecule has 1 N–H and O–H groups in total. The van der Waals surface area contributed by atoms with Crippen molar-refractivity contribution in [2.24, 2.45) is 7.05 Å². The minimum Gasteiger partial charge on any atom is -0.459 e. The summed E-state index contributed by atoms with van der Waals surface area (Å²) in [6, 6.07) is 16.4. The first kappa shape index (κ1) is 17.6. The molecule has 136 valence electrons. The van der Waals surface area contributed by atoms with Gasteiger partial charge in [-0.05, 0) is 66.2 Å². The number of imidazole rings is 1. The Morgan fingerprint density at radius 1 is 1.11 bits per heavy atom. The molecule has 0 radical (unpaired) electrons. The number of rotatable bonds is 4. The fourth-order valence-corrected chi connectivity index (χ4v) is 3.13. The second-order valence-electron chi connectivity index (χ2n) is 6.10. The van der Waals surface area contributed by atoms with Crippen LogP contribution in [0.3, 0.4) is 0 Å². The van der Waals surface area contributed by atoms with Gasteiger partial charge in [0.15, 0.2) is 0 Å². The average Bonchev–Trinajstić information content (AvgIpc) is 3.25. The molecule has 0 bridgehead atoms. The van der Waals surface area contributed by atoms with Gasteiger partial charge in [0, 0.05) is 23.2 Å². The van der Waals surface area contributed by atoms with Crippen molar-refractivity contribution in [1.29, 1.82) is 0 Å². The number of carbonyl (C=O) groups excluding carboxylic acids is 1. The number of fused-ring (bicyclic) bond motifs is 1. The molecule has 0 saturated heterocycles. The second-order valence-corrected chi connectivity index (χ2v) is 6.87. The molecule has 0 spiro atoms. The Kier molecular flexibility index (Phi) is 4.64. The van der Waals surface area contributed by atoms with E-state index in [9.17, 15) is 4.79 Å². The van der Waals surface area contributed by atoms with E-state index in [0.29, 0.717) is 27.1 Å². The van der Waals surface area contributed by atoms with Crippen molar-refractivity contribution in [2.45, 2.75) is 6.54 Å². The van der Waals surface area contributed by atoms with Crippen molar-refractivity contribution >= 4 is 40.1 Å². The summed E-state index contributed by atoms with van der Waals surface area (Å²) >= 11 is 11.9. The van der Waals surface area contributed by atoms with E-state index in [0.717, 1.165) is 16.8 Å². The molecule has 7 heteroatoms. The molecule has 4 aromatic rings. The summed E-state index contributed by atoms with van der Waals surface area (Å²) in [6.07, 6.45) is 0. The van der Waals surface area contributed by atoms with E-state index < -0.39 is 0 Å². The lowest BCUT2D eigenvalue weighted by molar-refractivity contribution is 0.0948. The zero-order valence-electron chi connectivity index (χ0n) is 14.4. The molecule has 27 heavy (non-hydrogen) atoms. The van der Waals surface area contributed by atoms with Crippen LogP contribution in [0.2, 0.25) is 10.3 Å². The van der Waals surface area contributed by atoms with E-state index in [1.165, 1.54) is 0 Å². The zero-order valence-corrected chi connectivity index (χ0v) is 15.9. The van der Waals surface area contributed by atoms with E-state index >= 15 is 0 Å². The normalized spacial score (nSPS) is 11.1. The van der Waals surface area contributed by atoms with Gasteiger partial charge in [0.25, 0.3) is 5.91 Å². The molecule has 5 nitrogen and oxygen atoms in total. The van der Waals surface area contributed by atoms with Gasteiger partial charge >= 0.3 is 0 Å². The summed E-state index contributed by atoms with van der Waals surface area (Å²) in [5.74, 6) is 1.18. The third-order valence-corrected chi connectivity index (χ3v) is 4.89. The Morgan fingerprint density at radius 2 is 1.89 bits per heavy atom. The molecule has 0 aliphatic rings. The summed E-state index contributed by atoms with van der Waals surface area (Å²) in [4.78, 5) is 16.7. The third kappa shape index (κ3) is 3.56. The maximum absolute atomic E-state index is 12.4. The standard InChI is InChI=1S/C20H15Cl2N3O2/c1-25-17-8-4-13(10-16(17)24-20(25)22)19(26)23-11-15-7-9-18(27-15)12-2-5-14(21)6-3-12/h2-10H,11H2,1H3,(H,23,26). The molecular weight excluding hydrogens is 385 g/mol. The highest BCUT2D eigenvalue weighted by Crippen LogP contribution is 2.24. The monoisotopic (exact) mass is 399 g/mol. The van der Waals surface area contributed by atoms with E-state index in [1.54, 1.807) is 28.8 Å². The van der Waals surface area contributed by atoms with Gasteiger partial charge in [-0.3, -0.25) is 4.79 Å². The van der Waals surface area contributed by atoms with Crippen molar-refractivity contribution in [3.05, 3.63) is 76.2 Å². The molecule has 0 saturated carbocycles. The number of hydrogen-bond donors (Lipinski definition) is 1. The van der Waals surface area contributed by atoms with Gasteiger partial charge in [-0.2, -0.15) is 0 Å². The van der Waals surface area contributed by atoms with Gasteiger partial charge < -0.3 is 14.3 Å². The first-order valence-corrected chi connectivity index (χ1v) is 9.02. The summed E-state index contributed by atoms with van der Waals surface area (Å²) in [5.41, 5.74) is 2.99. The number of aryl methyl sites for hydroxylation is 1. The second kappa shape index (κ2) is 7.10. The van der Waals surface area contributed by atoms with E-state index in [2.05, 4.69) is 10.3 Å². The summed E-state index contributed by atoms with van der Waals surface area (Å²) in [7, 11) is 1.83. The highest BCUT2D eigenvalue weighted by atomic mass is 35.5. The van der Waals surface area contributed by atoms with Crippen LogP contribution in [-0.4, -0.2) is 15.5 Å². The zero-order chi connectivity index (χ0) is 19.0. The van der Waals surface area contributed by atoms with Crippen molar-refractivity contribution in [3.8, 4) is 11.3 Å². The lowest BCUT2D eigenvalue weighted by Gasteiger charge is -2.04. The number of halogens is 2. The molecule has 0 unspecified atom stereocenters. The van der Waals surface area contributed by atoms with Crippen LogP contribution in [0.25, 0.3) is 22.4 Å². The van der Waals surface area contributed by atoms with Crippen molar-refractivity contribution < 1.29 is 9.21 Å². The van der Waals surface area contributed by atoms with Crippen LogP contribution in [0, 0.1) is 0 Å². The predicted octanol–water partition coefficient (Wildman–Crippen LogP) is 5.07. The van der Waals surface area contributed by atoms with Gasteiger partial charge in [-0.15, -0.1) is 0 Å². The highest BCUT2D eigenvalue weighted by molar-refractivity contribution is 6.30. The van der Waals surface area contributed by atoms with Crippen molar-refractivity contribution in [2.75, 3.05) is 0 Å². The van der Waals surface area contributed by atoms with Gasteiger partial charge in [0.05, 0.1) is 17.6 Å². The maximum atomic E-state index is 12.4. The quantitative estimate of drug-likeness (QED) is 0.520. The maximum Gasteiger partial charge on any atom is 0.251 e. The average molecular weight is 400 g/mol. The number of amides is 1. The van der Waals surface area contributed by atoms with Gasteiger partial charge in [0.2, 0.25) is 5.28 Å². The first-order chi connectivity index (χ1) is 13.0. The number of carbonyl (C=O) groups is 1. The molecule has 1 amide bonds. The number of nitrogens with zero attached hydrogens (tertiary/aromatic N) is 2. The Bertz CT molecular complexity index is 1130. The Hall–Kier alpha value is -2.76. The molecule has 4 rings (SSSR count). The van der Waals surface area contributed by atoms with Gasteiger partial charge in [-0.1, -0.05) is 11.6 Å². The summed E-state index contributed by atoms with van der Waals surface area (Å²) < 4.78 is 7.56. The molecule has 0 fully saturated rings. The van der Waals surface area contributed by atoms with Gasteiger partial charge in [-0.25, -0.2) is 4.98 Å². The molecule has 0 atom stereocenters. The Morgan fingerprint density at radius 3 is 2.67 bits per heavy atom. The summed E-state index contributed by atoms with van der Waals surface area (Å²) in [5, 5.41) is 3.91. The minimum atomic E-state index is -0.205. The lowest BCUT2D eigenvalue weighted by Crippen LogP contribution is -2.22. The summed E-state index contributed by atoms with van der Waals surface area (Å²) in [6.45, 7) is 0.285. The van der Waals surface area contributed by atoms with Crippen molar-refractivity contribution in [1.82, 2.24) is 14.9 Å². The molecular formula is C20H15Cl2N3O2. The number of aromatic nitrogens is 2. The topological polar surface area (TPSA) is 60.1 Å². The van der Waals surface area contributed by atoms with Crippen molar-refractivity contribution in [3.63, 3.8) is 0 Å². The van der Waals surface area contributed by atoms with Crippen LogP contribution in [0.4, 0.5) is 0 Å². The fraction of sp³-hybridized carbons (Fsp3) is 0.100. The smallest absolute Gasteiger partial charge is 0.251 e. The Balaban J connectivity index is 1.45. The number of hydrogen-bond acceptors (Lipinski definition) is 3. The minimum absolute atomic E-state index is 0.205. The van der Waals surface area contributed by atoms with E-state index in [-0.39, 0.29) is 12.5 Å². The van der Waals surface area contributed by atoms with E-state index in [4.69, 9.17) is 27.6 Å². The van der Waals surface area contributed by atoms with Crippen LogP contribution in [-0.2, 0) is 13.6 Å². The van der Waals surface area contributed by atoms with Crippen LogP contribution in [0.1, 0.15) is 16.1 Å². The molecule has 2 aromatic heterocycles. The van der Waals surface area contributed by atoms with Crippen LogP contribution in [0.5, 0.6) is 0 Å². The van der Waals surface area contributed by atoms with Crippen LogP contribution < -0.4 is 5.32 Å². The van der Waals surface area contributed by atoms with Crippen LogP contribution in [0.15, 0.2) is 59.0 Å². The number of nitrogens with one attached hydrogen (secondary N) is 1. The largest absolute Gasteiger partial charge is 0.459 e. The third-order valence-electron chi connectivity index (χ3n) is 4.30. The van der Waals surface area contributed by atoms with Gasteiger partial charge in [0.1, 0.15) is 11.5 Å². The molecule has 2 heterocycles. The molecule has 0 aliphatic heterocycles. The van der Waals surface area contributed by atoms with E-state index in [1.807, 2.05) is 37.4 Å². The highest BCUT2D eigenvalue weighted by Gasteiger charge is 2.12. The first-order valence-electron chi connectivity index (χ1n) is 8.26. The SMILES string of the molecule is Cn1c(Cl)nc2cc(C(=O)NCc3ccc(-c4ccc(Cl)cc4)o3)ccc21. The molecule has 2 aromatic carbocycles. The van der Waals surface area contributed by atoms with Crippen LogP contribution >= 0.6 is 23.2 Å². The molecule has 0 aliphatic carbocycles. The predicted molar refractivity (Wildman–Crippen MR) is 106 cm³/mol. The lowest BCUT2D eigenvalue weighted by atomic mass is 10.2. The number of benzene rings is 2. The Labute approximate surface area is 165 Å².